The number of hydrogen-bond acceptors (Lipinski definition) is 6. The summed E-state index contributed by atoms with van der Waals surface area (Å²) in [5.74, 6) is 1.44. The molecule has 6 rings (SSSR count). The number of piperazine rings is 1. The smallest absolute Gasteiger partial charge is 0.271 e. The van der Waals surface area contributed by atoms with E-state index in [1.807, 2.05) is 37.3 Å². The van der Waals surface area contributed by atoms with Gasteiger partial charge in [-0.15, -0.1) is 0 Å². The fraction of sp³-hybridized carbons (Fsp3) is 0.367. The molecule has 1 N–H and O–H groups in total. The number of aromatic nitrogens is 4. The Labute approximate surface area is 223 Å². The first kappa shape index (κ1) is 24.6. The van der Waals surface area contributed by atoms with Gasteiger partial charge in [0.25, 0.3) is 5.56 Å². The lowest BCUT2D eigenvalue weighted by Crippen LogP contribution is -2.47. The number of likely N-dealkylation sites (N-methyl/N-ethyl adjacent to an activating group) is 1. The predicted molar refractivity (Wildman–Crippen MR) is 152 cm³/mol. The van der Waals surface area contributed by atoms with Crippen molar-refractivity contribution in [2.24, 2.45) is 5.92 Å². The molecule has 8 nitrogen and oxygen atoms in total. The van der Waals surface area contributed by atoms with Crippen LogP contribution in [0.25, 0.3) is 28.2 Å². The van der Waals surface area contributed by atoms with E-state index in [1.165, 1.54) is 10.2 Å². The van der Waals surface area contributed by atoms with Gasteiger partial charge < -0.3 is 15.1 Å². The van der Waals surface area contributed by atoms with Gasteiger partial charge in [-0.2, -0.15) is 14.9 Å². The summed E-state index contributed by atoms with van der Waals surface area (Å²) in [6.07, 6.45) is 0. The Balaban J connectivity index is 1.41. The predicted octanol–water partition coefficient (Wildman–Crippen LogP) is 3.67. The molecule has 2 aliphatic heterocycles. The molecule has 0 bridgehead atoms. The lowest BCUT2D eigenvalue weighted by Gasteiger charge is -2.36. The van der Waals surface area contributed by atoms with Gasteiger partial charge >= 0.3 is 0 Å². The molecule has 0 radical (unpaired) electrons. The van der Waals surface area contributed by atoms with Crippen molar-refractivity contribution >= 4 is 5.82 Å². The SMILES string of the molecule is Cc1cccc(-c2nn3c(c2-c2ccc(=O)n(-c4ccccc4C)n2)NCC(CN2CCN(C)CC2)C3)c1. The molecule has 4 aromatic rings. The summed E-state index contributed by atoms with van der Waals surface area (Å²) >= 11 is 0. The normalized spacial score (nSPS) is 18.2. The topological polar surface area (TPSA) is 71.2 Å². The molecule has 8 heteroatoms. The van der Waals surface area contributed by atoms with E-state index in [2.05, 4.69) is 58.0 Å². The molecular weight excluding hydrogens is 474 g/mol. The standard InChI is InChI=1S/C30H35N7O/c1-21-7-6-9-24(17-21)29-28(25-11-12-27(38)37(32-25)26-10-5-4-8-22(26)2)30-31-18-23(20-36(30)33-29)19-35-15-13-34(3)14-16-35/h4-12,17,23,31H,13-16,18-20H2,1-3H3. The maximum Gasteiger partial charge on any atom is 0.271 e. The van der Waals surface area contributed by atoms with Crippen molar-refractivity contribution in [2.75, 3.05) is 51.6 Å². The van der Waals surface area contributed by atoms with Crippen molar-refractivity contribution in [1.82, 2.24) is 29.4 Å². The van der Waals surface area contributed by atoms with E-state index in [4.69, 9.17) is 10.2 Å². The van der Waals surface area contributed by atoms with E-state index in [0.29, 0.717) is 5.92 Å². The Morgan fingerprint density at radius 2 is 1.76 bits per heavy atom. The van der Waals surface area contributed by atoms with Crippen LogP contribution in [0.2, 0.25) is 0 Å². The molecule has 196 valence electrons. The second kappa shape index (κ2) is 10.2. The molecule has 0 saturated carbocycles. The first-order chi connectivity index (χ1) is 18.5. The third-order valence-electron chi connectivity index (χ3n) is 7.75. The summed E-state index contributed by atoms with van der Waals surface area (Å²) < 4.78 is 3.62. The minimum Gasteiger partial charge on any atom is -0.369 e. The van der Waals surface area contributed by atoms with Gasteiger partial charge in [-0.25, -0.2) is 4.68 Å². The molecule has 0 amide bonds. The van der Waals surface area contributed by atoms with Crippen LogP contribution in [0.3, 0.4) is 0 Å². The minimum atomic E-state index is -0.151. The zero-order chi connectivity index (χ0) is 26.2. The fourth-order valence-electron chi connectivity index (χ4n) is 5.60. The minimum absolute atomic E-state index is 0.151. The first-order valence-corrected chi connectivity index (χ1v) is 13.5. The van der Waals surface area contributed by atoms with Crippen LogP contribution in [0.4, 0.5) is 5.82 Å². The maximum absolute atomic E-state index is 12.9. The first-order valence-electron chi connectivity index (χ1n) is 13.5. The zero-order valence-electron chi connectivity index (χ0n) is 22.4. The van der Waals surface area contributed by atoms with E-state index < -0.39 is 0 Å². The Kier molecular flexibility index (Phi) is 6.59. The van der Waals surface area contributed by atoms with Gasteiger partial charge in [0, 0.05) is 63.4 Å². The van der Waals surface area contributed by atoms with Crippen LogP contribution in [-0.4, -0.2) is 75.7 Å². The van der Waals surface area contributed by atoms with Crippen molar-refractivity contribution in [1.29, 1.82) is 0 Å². The Morgan fingerprint density at radius 1 is 0.947 bits per heavy atom. The highest BCUT2D eigenvalue weighted by molar-refractivity contribution is 5.87. The molecule has 1 saturated heterocycles. The summed E-state index contributed by atoms with van der Waals surface area (Å²) in [6.45, 7) is 11.4. The van der Waals surface area contributed by atoms with Gasteiger partial charge in [0.1, 0.15) is 11.5 Å². The molecule has 2 aliphatic rings. The van der Waals surface area contributed by atoms with Crippen LogP contribution in [-0.2, 0) is 6.54 Å². The van der Waals surface area contributed by atoms with E-state index in [1.54, 1.807) is 6.07 Å². The van der Waals surface area contributed by atoms with Crippen LogP contribution in [0, 0.1) is 19.8 Å². The Morgan fingerprint density at radius 3 is 2.55 bits per heavy atom. The average Bonchev–Trinajstić information content (AvgIpc) is 3.30. The Bertz CT molecular complexity index is 1510. The molecule has 1 unspecified atom stereocenters. The van der Waals surface area contributed by atoms with Crippen LogP contribution >= 0.6 is 0 Å². The van der Waals surface area contributed by atoms with Crippen molar-refractivity contribution in [3.63, 3.8) is 0 Å². The average molecular weight is 510 g/mol. The number of para-hydroxylation sites is 1. The highest BCUT2D eigenvalue weighted by atomic mass is 16.1. The molecule has 1 fully saturated rings. The summed E-state index contributed by atoms with van der Waals surface area (Å²) in [5.41, 5.74) is 6.43. The second-order valence-electron chi connectivity index (χ2n) is 10.7. The quantitative estimate of drug-likeness (QED) is 0.443. The molecule has 1 atom stereocenters. The van der Waals surface area contributed by atoms with E-state index in [9.17, 15) is 4.79 Å². The molecule has 4 heterocycles. The number of aryl methyl sites for hydroxylation is 2. The van der Waals surface area contributed by atoms with E-state index >= 15 is 0 Å². The van der Waals surface area contributed by atoms with Crippen molar-refractivity contribution < 1.29 is 0 Å². The van der Waals surface area contributed by atoms with Crippen LogP contribution in [0.5, 0.6) is 0 Å². The maximum atomic E-state index is 12.9. The van der Waals surface area contributed by atoms with Crippen molar-refractivity contribution in [2.45, 2.75) is 20.4 Å². The Hall–Kier alpha value is -3.75. The van der Waals surface area contributed by atoms with Gasteiger partial charge in [0.2, 0.25) is 0 Å². The zero-order valence-corrected chi connectivity index (χ0v) is 22.4. The van der Waals surface area contributed by atoms with Gasteiger partial charge in [0.05, 0.1) is 16.9 Å². The summed E-state index contributed by atoms with van der Waals surface area (Å²) in [4.78, 5) is 17.9. The number of hydrogen-bond donors (Lipinski definition) is 1. The number of benzene rings is 2. The molecule has 0 aliphatic carbocycles. The lowest BCUT2D eigenvalue weighted by atomic mass is 10.0. The van der Waals surface area contributed by atoms with Gasteiger partial charge in [-0.1, -0.05) is 42.0 Å². The fourth-order valence-corrected chi connectivity index (χ4v) is 5.60. The molecule has 2 aromatic carbocycles. The third kappa shape index (κ3) is 4.77. The van der Waals surface area contributed by atoms with Crippen LogP contribution < -0.4 is 10.9 Å². The number of rotatable bonds is 5. The van der Waals surface area contributed by atoms with Gasteiger partial charge in [-0.3, -0.25) is 4.79 Å². The summed E-state index contributed by atoms with van der Waals surface area (Å²) in [6, 6.07) is 19.7. The summed E-state index contributed by atoms with van der Waals surface area (Å²) in [7, 11) is 2.19. The molecular formula is C30H35N7O. The van der Waals surface area contributed by atoms with Gasteiger partial charge in [-0.05, 0) is 44.7 Å². The number of nitrogens with zero attached hydrogens (tertiary/aromatic N) is 6. The summed E-state index contributed by atoms with van der Waals surface area (Å²) in [5, 5.41) is 13.7. The number of fused-ring (bicyclic) bond motifs is 1. The van der Waals surface area contributed by atoms with Crippen molar-refractivity contribution in [3.8, 4) is 28.2 Å². The molecule has 2 aromatic heterocycles. The third-order valence-corrected chi connectivity index (χ3v) is 7.75. The number of anilines is 1. The van der Waals surface area contributed by atoms with E-state index in [-0.39, 0.29) is 5.56 Å². The van der Waals surface area contributed by atoms with E-state index in [0.717, 1.165) is 85.4 Å². The monoisotopic (exact) mass is 509 g/mol. The highest BCUT2D eigenvalue weighted by Crippen LogP contribution is 2.39. The van der Waals surface area contributed by atoms with Crippen molar-refractivity contribution in [3.05, 3.63) is 82.1 Å². The van der Waals surface area contributed by atoms with Crippen LogP contribution in [0.15, 0.2) is 65.5 Å². The highest BCUT2D eigenvalue weighted by Gasteiger charge is 2.29. The largest absolute Gasteiger partial charge is 0.369 e. The second-order valence-corrected chi connectivity index (χ2v) is 10.7. The van der Waals surface area contributed by atoms with Gasteiger partial charge in [0.15, 0.2) is 0 Å². The molecule has 0 spiro atoms. The van der Waals surface area contributed by atoms with Crippen LogP contribution in [0.1, 0.15) is 11.1 Å². The molecule has 38 heavy (non-hydrogen) atoms. The number of nitrogens with one attached hydrogen (secondary N) is 1. The lowest BCUT2D eigenvalue weighted by molar-refractivity contribution is 0.131.